The largest absolute Gasteiger partial charge is 0.376 e. The minimum Gasteiger partial charge on any atom is -0.376 e. The molecule has 7 nitrogen and oxygen atoms in total. The van der Waals surface area contributed by atoms with Crippen molar-refractivity contribution >= 4 is 22.4 Å². The summed E-state index contributed by atoms with van der Waals surface area (Å²) in [5.74, 6) is -0.0823. The minimum atomic E-state index is -0.0823. The van der Waals surface area contributed by atoms with Gasteiger partial charge in [0.05, 0.1) is 30.1 Å². The zero-order valence-electron chi connectivity index (χ0n) is 15.7. The van der Waals surface area contributed by atoms with E-state index in [0.717, 1.165) is 48.7 Å². The van der Waals surface area contributed by atoms with E-state index in [1.165, 1.54) is 10.6 Å². The van der Waals surface area contributed by atoms with Gasteiger partial charge in [-0.2, -0.15) is 5.10 Å². The van der Waals surface area contributed by atoms with Crippen molar-refractivity contribution in [3.8, 4) is 11.3 Å². The highest BCUT2D eigenvalue weighted by molar-refractivity contribution is 7.16. The maximum absolute atomic E-state index is 13.3. The summed E-state index contributed by atoms with van der Waals surface area (Å²) in [4.78, 5) is 25.3. The Hall–Kier alpha value is -2.58. The number of aryl methyl sites for hydroxylation is 2. The molecule has 3 aromatic heterocycles. The van der Waals surface area contributed by atoms with Crippen LogP contribution >= 0.6 is 11.3 Å². The predicted molar refractivity (Wildman–Crippen MR) is 107 cm³/mol. The lowest BCUT2D eigenvalue weighted by molar-refractivity contribution is 0.0917. The summed E-state index contributed by atoms with van der Waals surface area (Å²) >= 11 is 1.60. The minimum absolute atomic E-state index is 0.0514. The van der Waals surface area contributed by atoms with Gasteiger partial charge in [-0.15, -0.1) is 11.3 Å². The Morgan fingerprint density at radius 2 is 2.32 bits per heavy atom. The van der Waals surface area contributed by atoms with Crippen LogP contribution in [0.4, 0.5) is 5.13 Å². The van der Waals surface area contributed by atoms with Crippen molar-refractivity contribution in [2.75, 3.05) is 18.1 Å². The van der Waals surface area contributed by atoms with Gasteiger partial charge in [0.1, 0.15) is 0 Å². The third-order valence-electron chi connectivity index (χ3n) is 5.39. The fourth-order valence-corrected chi connectivity index (χ4v) is 4.99. The molecule has 0 radical (unpaired) electrons. The van der Waals surface area contributed by atoms with Crippen molar-refractivity contribution in [1.29, 1.82) is 0 Å². The van der Waals surface area contributed by atoms with E-state index >= 15 is 0 Å². The van der Waals surface area contributed by atoms with E-state index in [0.29, 0.717) is 12.1 Å². The number of hydrogen-bond donors (Lipinski definition) is 0. The zero-order chi connectivity index (χ0) is 19.1. The highest BCUT2D eigenvalue weighted by atomic mass is 32.1. The SMILES string of the molecule is Cn1ncc2c1CCc1sc(N(C[C@@H]3CCCO3)C(=O)c3cccnc3)nc1-2. The van der Waals surface area contributed by atoms with Crippen LogP contribution in [0.15, 0.2) is 30.7 Å². The van der Waals surface area contributed by atoms with Crippen LogP contribution in [0.2, 0.25) is 0 Å². The van der Waals surface area contributed by atoms with Gasteiger partial charge in [-0.05, 0) is 37.8 Å². The van der Waals surface area contributed by atoms with E-state index < -0.39 is 0 Å². The second kappa shape index (κ2) is 7.10. The number of carbonyl (C=O) groups is 1. The van der Waals surface area contributed by atoms with Gasteiger partial charge in [-0.25, -0.2) is 4.98 Å². The van der Waals surface area contributed by atoms with Crippen LogP contribution in [-0.4, -0.2) is 44.9 Å². The molecule has 144 valence electrons. The molecule has 0 bridgehead atoms. The van der Waals surface area contributed by atoms with Crippen LogP contribution in [0.5, 0.6) is 0 Å². The Kier molecular flexibility index (Phi) is 4.44. The molecule has 0 aromatic carbocycles. The molecule has 0 saturated carbocycles. The number of carbonyl (C=O) groups excluding carboxylic acids is 1. The van der Waals surface area contributed by atoms with E-state index in [9.17, 15) is 4.79 Å². The van der Waals surface area contributed by atoms with Crippen molar-refractivity contribution < 1.29 is 9.53 Å². The highest BCUT2D eigenvalue weighted by Crippen LogP contribution is 2.39. The van der Waals surface area contributed by atoms with Crippen LogP contribution in [0.3, 0.4) is 0 Å². The number of pyridine rings is 1. The Labute approximate surface area is 167 Å². The maximum Gasteiger partial charge on any atom is 0.261 e. The van der Waals surface area contributed by atoms with Gasteiger partial charge in [-0.1, -0.05) is 0 Å². The van der Waals surface area contributed by atoms with Gasteiger partial charge >= 0.3 is 0 Å². The van der Waals surface area contributed by atoms with Crippen LogP contribution in [0, 0.1) is 0 Å². The molecule has 0 spiro atoms. The molecule has 4 heterocycles. The average molecular weight is 395 g/mol. The van der Waals surface area contributed by atoms with Crippen LogP contribution in [0.25, 0.3) is 11.3 Å². The van der Waals surface area contributed by atoms with Crippen molar-refractivity contribution in [2.24, 2.45) is 7.05 Å². The molecular formula is C20H21N5O2S. The molecule has 8 heteroatoms. The van der Waals surface area contributed by atoms with E-state index in [1.807, 2.05) is 17.9 Å². The summed E-state index contributed by atoms with van der Waals surface area (Å²) in [7, 11) is 1.97. The van der Waals surface area contributed by atoms with Crippen molar-refractivity contribution in [2.45, 2.75) is 31.8 Å². The fourth-order valence-electron chi connectivity index (χ4n) is 3.91. The second-order valence-electron chi connectivity index (χ2n) is 7.19. The summed E-state index contributed by atoms with van der Waals surface area (Å²) < 4.78 is 7.73. The van der Waals surface area contributed by atoms with E-state index in [4.69, 9.17) is 9.72 Å². The molecule has 1 fully saturated rings. The molecule has 1 aliphatic carbocycles. The first-order valence-corrected chi connectivity index (χ1v) is 10.4. The molecule has 0 unspecified atom stereocenters. The first-order chi connectivity index (χ1) is 13.7. The fraction of sp³-hybridized carbons (Fsp3) is 0.400. The average Bonchev–Trinajstić information content (AvgIpc) is 3.46. The van der Waals surface area contributed by atoms with Gasteiger partial charge < -0.3 is 4.74 Å². The standard InChI is InChI=1S/C20H21N5O2S/c1-24-16-6-7-17-18(15(16)11-22-24)23-20(28-17)25(12-14-5-3-9-27-14)19(26)13-4-2-8-21-10-13/h2,4,8,10-11,14H,3,5-7,9,12H2,1H3/t14-/m0/s1. The quantitative estimate of drug-likeness (QED) is 0.679. The van der Waals surface area contributed by atoms with Crippen molar-refractivity contribution in [1.82, 2.24) is 19.7 Å². The number of hydrogen-bond acceptors (Lipinski definition) is 6. The van der Waals surface area contributed by atoms with Crippen LogP contribution in [0.1, 0.15) is 33.8 Å². The lowest BCUT2D eigenvalue weighted by atomic mass is 10.0. The number of amides is 1. The number of thiazole rings is 1. The van der Waals surface area contributed by atoms with E-state index in [1.54, 1.807) is 40.8 Å². The molecule has 5 rings (SSSR count). The van der Waals surface area contributed by atoms with Gasteiger partial charge in [0.2, 0.25) is 0 Å². The number of fused-ring (bicyclic) bond motifs is 3. The molecule has 1 aliphatic heterocycles. The van der Waals surface area contributed by atoms with Crippen LogP contribution in [-0.2, 0) is 24.6 Å². The number of rotatable bonds is 4. The topological polar surface area (TPSA) is 73.1 Å². The summed E-state index contributed by atoms with van der Waals surface area (Å²) in [6.45, 7) is 1.27. The Morgan fingerprint density at radius 3 is 3.11 bits per heavy atom. The Morgan fingerprint density at radius 1 is 1.39 bits per heavy atom. The molecule has 28 heavy (non-hydrogen) atoms. The number of aromatic nitrogens is 4. The Bertz CT molecular complexity index is 1010. The smallest absolute Gasteiger partial charge is 0.261 e. The molecule has 1 atom stereocenters. The van der Waals surface area contributed by atoms with Gasteiger partial charge in [0.15, 0.2) is 5.13 Å². The first-order valence-electron chi connectivity index (χ1n) is 9.55. The molecule has 1 saturated heterocycles. The van der Waals surface area contributed by atoms with E-state index in [-0.39, 0.29) is 12.0 Å². The molecule has 3 aromatic rings. The van der Waals surface area contributed by atoms with Gasteiger partial charge in [0, 0.05) is 42.2 Å². The van der Waals surface area contributed by atoms with Gasteiger partial charge in [-0.3, -0.25) is 19.4 Å². The third-order valence-corrected chi connectivity index (χ3v) is 6.52. The maximum atomic E-state index is 13.3. The summed E-state index contributed by atoms with van der Waals surface area (Å²) in [6.07, 6.45) is 9.09. The summed E-state index contributed by atoms with van der Waals surface area (Å²) in [5.41, 5.74) is 3.81. The number of nitrogens with zero attached hydrogens (tertiary/aromatic N) is 5. The zero-order valence-corrected chi connectivity index (χ0v) is 16.5. The molecule has 0 N–H and O–H groups in total. The molecule has 1 amide bonds. The second-order valence-corrected chi connectivity index (χ2v) is 8.25. The van der Waals surface area contributed by atoms with E-state index in [2.05, 4.69) is 10.1 Å². The number of ether oxygens (including phenoxy) is 1. The molecular weight excluding hydrogens is 374 g/mol. The number of anilines is 1. The normalized spacial score (nSPS) is 18.0. The predicted octanol–water partition coefficient (Wildman–Crippen LogP) is 2.86. The molecule has 2 aliphatic rings. The van der Waals surface area contributed by atoms with Crippen molar-refractivity contribution in [3.05, 3.63) is 46.9 Å². The first kappa shape index (κ1) is 17.5. The van der Waals surface area contributed by atoms with Crippen LogP contribution < -0.4 is 4.90 Å². The Balaban J connectivity index is 1.53. The monoisotopic (exact) mass is 395 g/mol. The van der Waals surface area contributed by atoms with Gasteiger partial charge in [0.25, 0.3) is 5.91 Å². The lowest BCUT2D eigenvalue weighted by Crippen LogP contribution is -2.37. The lowest BCUT2D eigenvalue weighted by Gasteiger charge is -2.23. The third kappa shape index (κ3) is 3.02. The van der Waals surface area contributed by atoms with Crippen molar-refractivity contribution in [3.63, 3.8) is 0 Å². The summed E-state index contributed by atoms with van der Waals surface area (Å²) in [6, 6.07) is 3.58. The highest BCUT2D eigenvalue weighted by Gasteiger charge is 2.30. The summed E-state index contributed by atoms with van der Waals surface area (Å²) in [5, 5.41) is 5.12.